The van der Waals surface area contributed by atoms with E-state index in [1.165, 1.54) is 19.2 Å². The largest absolute Gasteiger partial charge is 0.494 e. The van der Waals surface area contributed by atoms with Crippen molar-refractivity contribution in [3.05, 3.63) is 65.0 Å². The molecular formula is C17H14FNO3. The normalized spacial score (nSPS) is 9.86. The van der Waals surface area contributed by atoms with Crippen molar-refractivity contribution < 1.29 is 18.7 Å². The third kappa shape index (κ3) is 3.83. The maximum Gasteiger partial charge on any atom is 0.310 e. The van der Waals surface area contributed by atoms with Crippen molar-refractivity contribution >= 4 is 5.97 Å². The number of nitriles is 1. The Labute approximate surface area is 127 Å². The van der Waals surface area contributed by atoms with Gasteiger partial charge in [-0.05, 0) is 23.8 Å². The molecule has 0 heterocycles. The van der Waals surface area contributed by atoms with Gasteiger partial charge in [0.2, 0.25) is 0 Å². The second-order valence-corrected chi connectivity index (χ2v) is 4.58. The van der Waals surface area contributed by atoms with Crippen molar-refractivity contribution in [3.63, 3.8) is 0 Å². The lowest BCUT2D eigenvalue weighted by molar-refractivity contribution is -0.144. The molecule has 0 amide bonds. The highest BCUT2D eigenvalue weighted by Crippen LogP contribution is 2.18. The first-order chi connectivity index (χ1) is 10.6. The number of benzene rings is 2. The van der Waals surface area contributed by atoms with Crippen LogP contribution >= 0.6 is 0 Å². The van der Waals surface area contributed by atoms with Crippen LogP contribution in [0.15, 0.2) is 42.5 Å². The van der Waals surface area contributed by atoms with Crippen LogP contribution in [0, 0.1) is 17.1 Å². The molecule has 0 N–H and O–H groups in total. The SMILES string of the molecule is COc1ccc(CC(=O)OCc2ccccc2C#N)cc1F. The number of carbonyl (C=O) groups excluding carboxylic acids is 1. The van der Waals surface area contributed by atoms with Crippen molar-refractivity contribution in [3.8, 4) is 11.8 Å². The minimum absolute atomic E-state index is 0.0151. The Kier molecular flexibility index (Phi) is 5.10. The molecule has 0 unspecified atom stereocenters. The summed E-state index contributed by atoms with van der Waals surface area (Å²) in [5.74, 6) is -0.889. The van der Waals surface area contributed by atoms with Crippen molar-refractivity contribution in [2.45, 2.75) is 13.0 Å². The number of nitrogens with zero attached hydrogens (tertiary/aromatic N) is 1. The van der Waals surface area contributed by atoms with Crippen LogP contribution in [0.5, 0.6) is 5.75 Å². The Morgan fingerprint density at radius 1 is 1.27 bits per heavy atom. The molecule has 2 aromatic carbocycles. The van der Waals surface area contributed by atoms with E-state index in [1.807, 2.05) is 6.07 Å². The molecule has 5 heteroatoms. The van der Waals surface area contributed by atoms with Crippen molar-refractivity contribution in [1.82, 2.24) is 0 Å². The zero-order valence-corrected chi connectivity index (χ0v) is 12.0. The van der Waals surface area contributed by atoms with Gasteiger partial charge in [0, 0.05) is 5.56 Å². The van der Waals surface area contributed by atoms with Crippen molar-refractivity contribution in [1.29, 1.82) is 5.26 Å². The molecule has 0 saturated heterocycles. The minimum atomic E-state index is -0.525. The van der Waals surface area contributed by atoms with E-state index in [2.05, 4.69) is 0 Å². The van der Waals surface area contributed by atoms with Gasteiger partial charge in [0.1, 0.15) is 6.61 Å². The van der Waals surface area contributed by atoms with Gasteiger partial charge >= 0.3 is 5.97 Å². The predicted octanol–water partition coefficient (Wildman–Crippen LogP) is 2.99. The third-order valence-electron chi connectivity index (χ3n) is 3.09. The first-order valence-corrected chi connectivity index (χ1v) is 6.60. The highest BCUT2D eigenvalue weighted by atomic mass is 19.1. The van der Waals surface area contributed by atoms with Crippen LogP contribution in [0.3, 0.4) is 0 Å². The van der Waals surface area contributed by atoms with E-state index in [-0.39, 0.29) is 18.8 Å². The lowest BCUT2D eigenvalue weighted by Crippen LogP contribution is -2.09. The maximum atomic E-state index is 13.5. The fraction of sp³-hybridized carbons (Fsp3) is 0.176. The third-order valence-corrected chi connectivity index (χ3v) is 3.09. The summed E-state index contributed by atoms with van der Waals surface area (Å²) in [7, 11) is 1.37. The molecule has 0 aliphatic carbocycles. The number of carbonyl (C=O) groups is 1. The monoisotopic (exact) mass is 299 g/mol. The van der Waals surface area contributed by atoms with E-state index in [1.54, 1.807) is 30.3 Å². The number of rotatable bonds is 5. The molecule has 0 aliphatic rings. The zero-order chi connectivity index (χ0) is 15.9. The Hall–Kier alpha value is -2.87. The summed E-state index contributed by atoms with van der Waals surface area (Å²) in [6, 6.07) is 13.2. The molecule has 0 aliphatic heterocycles. The standard InChI is InChI=1S/C17H14FNO3/c1-21-16-7-6-12(8-15(16)18)9-17(20)22-11-14-5-3-2-4-13(14)10-19/h2-8H,9,11H2,1H3. The quantitative estimate of drug-likeness (QED) is 0.796. The predicted molar refractivity (Wildman–Crippen MR) is 77.6 cm³/mol. The van der Waals surface area contributed by atoms with Crippen LogP contribution in [0.4, 0.5) is 4.39 Å². The number of hydrogen-bond acceptors (Lipinski definition) is 4. The van der Waals surface area contributed by atoms with Crippen molar-refractivity contribution in [2.75, 3.05) is 7.11 Å². The van der Waals surface area contributed by atoms with E-state index >= 15 is 0 Å². The average molecular weight is 299 g/mol. The number of ether oxygens (including phenoxy) is 2. The van der Waals surface area contributed by atoms with E-state index < -0.39 is 11.8 Å². The molecule has 0 aromatic heterocycles. The topological polar surface area (TPSA) is 59.3 Å². The van der Waals surface area contributed by atoms with E-state index in [4.69, 9.17) is 14.7 Å². The van der Waals surface area contributed by atoms with Crippen LogP contribution in [-0.4, -0.2) is 13.1 Å². The summed E-state index contributed by atoms with van der Waals surface area (Å²) >= 11 is 0. The lowest BCUT2D eigenvalue weighted by Gasteiger charge is -2.07. The highest BCUT2D eigenvalue weighted by Gasteiger charge is 2.10. The molecule has 0 spiro atoms. The molecule has 2 aromatic rings. The van der Waals surface area contributed by atoms with Gasteiger partial charge < -0.3 is 9.47 Å². The molecule has 2 rings (SSSR count). The van der Waals surface area contributed by atoms with Crippen LogP contribution in [0.25, 0.3) is 0 Å². The molecule has 4 nitrogen and oxygen atoms in total. The average Bonchev–Trinajstić information content (AvgIpc) is 2.53. The fourth-order valence-corrected chi connectivity index (χ4v) is 1.95. The molecule has 0 fully saturated rings. The number of esters is 1. The molecule has 0 bridgehead atoms. The summed E-state index contributed by atoms with van der Waals surface area (Å²) in [6.07, 6.45) is -0.0460. The van der Waals surface area contributed by atoms with Gasteiger partial charge in [-0.25, -0.2) is 4.39 Å². The summed E-state index contributed by atoms with van der Waals surface area (Å²) < 4.78 is 23.5. The number of halogens is 1. The summed E-state index contributed by atoms with van der Waals surface area (Å²) in [5.41, 5.74) is 1.60. The molecule has 0 radical (unpaired) electrons. The second-order valence-electron chi connectivity index (χ2n) is 4.58. The smallest absolute Gasteiger partial charge is 0.310 e. The molecular weight excluding hydrogens is 285 g/mol. The summed E-state index contributed by atoms with van der Waals surface area (Å²) in [5, 5.41) is 8.95. The van der Waals surface area contributed by atoms with Gasteiger partial charge in [0.15, 0.2) is 11.6 Å². The highest BCUT2D eigenvalue weighted by molar-refractivity contribution is 5.72. The van der Waals surface area contributed by atoms with Crippen LogP contribution in [0.2, 0.25) is 0 Å². The van der Waals surface area contributed by atoms with Crippen LogP contribution in [-0.2, 0) is 22.6 Å². The van der Waals surface area contributed by atoms with E-state index in [9.17, 15) is 9.18 Å². The Bertz CT molecular complexity index is 722. The first kappa shape index (κ1) is 15.5. The Balaban J connectivity index is 1.96. The van der Waals surface area contributed by atoms with Crippen LogP contribution < -0.4 is 4.74 Å². The zero-order valence-electron chi connectivity index (χ0n) is 12.0. The number of methoxy groups -OCH3 is 1. The van der Waals surface area contributed by atoms with Gasteiger partial charge in [-0.3, -0.25) is 4.79 Å². The minimum Gasteiger partial charge on any atom is -0.494 e. The molecule has 22 heavy (non-hydrogen) atoms. The lowest BCUT2D eigenvalue weighted by atomic mass is 10.1. The fourth-order valence-electron chi connectivity index (χ4n) is 1.95. The van der Waals surface area contributed by atoms with Crippen molar-refractivity contribution in [2.24, 2.45) is 0 Å². The van der Waals surface area contributed by atoms with E-state index in [0.29, 0.717) is 16.7 Å². The number of hydrogen-bond donors (Lipinski definition) is 0. The van der Waals surface area contributed by atoms with Crippen LogP contribution in [0.1, 0.15) is 16.7 Å². The first-order valence-electron chi connectivity index (χ1n) is 6.60. The molecule has 0 saturated carbocycles. The maximum absolute atomic E-state index is 13.5. The van der Waals surface area contributed by atoms with Gasteiger partial charge in [0.05, 0.1) is 25.2 Å². The Morgan fingerprint density at radius 2 is 2.05 bits per heavy atom. The molecule has 0 atom stereocenters. The van der Waals surface area contributed by atoms with Gasteiger partial charge in [-0.2, -0.15) is 5.26 Å². The van der Waals surface area contributed by atoms with Gasteiger partial charge in [-0.1, -0.05) is 24.3 Å². The van der Waals surface area contributed by atoms with Gasteiger partial charge in [-0.15, -0.1) is 0 Å². The summed E-state index contributed by atoms with van der Waals surface area (Å²) in [4.78, 5) is 11.8. The second kappa shape index (κ2) is 7.23. The Morgan fingerprint density at radius 3 is 2.73 bits per heavy atom. The van der Waals surface area contributed by atoms with Gasteiger partial charge in [0.25, 0.3) is 0 Å². The molecule has 112 valence electrons. The van der Waals surface area contributed by atoms with E-state index in [0.717, 1.165) is 0 Å². The summed E-state index contributed by atoms with van der Waals surface area (Å²) in [6.45, 7) is 0.0151.